The lowest BCUT2D eigenvalue weighted by molar-refractivity contribution is 0.553. The first-order valence-electron chi connectivity index (χ1n) is 6.09. The third-order valence-electron chi connectivity index (χ3n) is 2.41. The highest BCUT2D eigenvalue weighted by molar-refractivity contribution is 5.55. The molecular weight excluding hydrogens is 196 g/mol. The van der Waals surface area contributed by atoms with Crippen LogP contribution in [0.5, 0.6) is 0 Å². The van der Waals surface area contributed by atoms with E-state index in [1.54, 1.807) is 0 Å². The number of hydrogen-bond donors (Lipinski definition) is 1. The van der Waals surface area contributed by atoms with Gasteiger partial charge in [0.1, 0.15) is 0 Å². The van der Waals surface area contributed by atoms with Gasteiger partial charge >= 0.3 is 0 Å². The molecule has 0 aromatic heterocycles. The van der Waals surface area contributed by atoms with Crippen molar-refractivity contribution in [3.8, 4) is 0 Å². The van der Waals surface area contributed by atoms with E-state index < -0.39 is 0 Å². The maximum absolute atomic E-state index is 5.83. The van der Waals surface area contributed by atoms with Crippen LogP contribution in [0.3, 0.4) is 0 Å². The molecule has 0 aliphatic carbocycles. The van der Waals surface area contributed by atoms with Crippen molar-refractivity contribution in [2.24, 2.45) is 11.8 Å². The molecule has 2 heteroatoms. The van der Waals surface area contributed by atoms with E-state index in [2.05, 4.69) is 44.7 Å². The van der Waals surface area contributed by atoms with Crippen LogP contribution in [0.15, 0.2) is 24.3 Å². The lowest BCUT2D eigenvalue weighted by Gasteiger charge is -2.28. The number of nitrogen functional groups attached to an aromatic ring is 1. The third kappa shape index (κ3) is 4.13. The Bertz CT molecular complexity index is 308. The summed E-state index contributed by atoms with van der Waals surface area (Å²) in [6.07, 6.45) is 0. The summed E-state index contributed by atoms with van der Waals surface area (Å²) >= 11 is 0. The predicted molar refractivity (Wildman–Crippen MR) is 72.7 cm³/mol. The summed E-state index contributed by atoms with van der Waals surface area (Å²) in [5.41, 5.74) is 7.91. The number of benzene rings is 1. The highest BCUT2D eigenvalue weighted by Gasteiger charge is 2.10. The minimum Gasteiger partial charge on any atom is -0.399 e. The molecule has 0 heterocycles. The molecule has 1 rings (SSSR count). The van der Waals surface area contributed by atoms with Gasteiger partial charge in [-0.05, 0) is 30.0 Å². The molecule has 0 spiro atoms. The Morgan fingerprint density at radius 1 is 1.06 bits per heavy atom. The van der Waals surface area contributed by atoms with Crippen LogP contribution in [0.4, 0.5) is 11.4 Å². The van der Waals surface area contributed by atoms with Crippen molar-refractivity contribution in [2.45, 2.75) is 27.7 Å². The molecule has 0 atom stereocenters. The van der Waals surface area contributed by atoms with Gasteiger partial charge in [0, 0.05) is 24.5 Å². The molecule has 0 unspecified atom stereocenters. The van der Waals surface area contributed by atoms with Crippen molar-refractivity contribution in [1.29, 1.82) is 0 Å². The summed E-state index contributed by atoms with van der Waals surface area (Å²) in [6, 6.07) is 8.16. The van der Waals surface area contributed by atoms with Crippen molar-refractivity contribution >= 4 is 11.4 Å². The van der Waals surface area contributed by atoms with E-state index in [9.17, 15) is 0 Å². The van der Waals surface area contributed by atoms with E-state index in [4.69, 9.17) is 5.73 Å². The quantitative estimate of drug-likeness (QED) is 0.771. The van der Waals surface area contributed by atoms with Crippen molar-refractivity contribution in [2.75, 3.05) is 23.7 Å². The number of rotatable bonds is 5. The maximum atomic E-state index is 5.83. The average molecular weight is 220 g/mol. The zero-order chi connectivity index (χ0) is 12.1. The van der Waals surface area contributed by atoms with Crippen molar-refractivity contribution in [3.63, 3.8) is 0 Å². The predicted octanol–water partition coefficient (Wildman–Crippen LogP) is 3.39. The molecule has 0 bridgehead atoms. The Hall–Kier alpha value is -1.18. The maximum Gasteiger partial charge on any atom is 0.0387 e. The second-order valence-corrected chi connectivity index (χ2v) is 5.29. The molecular formula is C14H24N2. The van der Waals surface area contributed by atoms with Crippen molar-refractivity contribution < 1.29 is 0 Å². The molecule has 0 saturated heterocycles. The summed E-state index contributed by atoms with van der Waals surface area (Å²) in [6.45, 7) is 11.2. The van der Waals surface area contributed by atoms with E-state index in [-0.39, 0.29) is 0 Å². The fourth-order valence-corrected chi connectivity index (χ4v) is 1.89. The van der Waals surface area contributed by atoms with Crippen LogP contribution in [0.25, 0.3) is 0 Å². The second-order valence-electron chi connectivity index (χ2n) is 5.29. The van der Waals surface area contributed by atoms with Gasteiger partial charge in [0.05, 0.1) is 0 Å². The minimum absolute atomic E-state index is 0.667. The monoisotopic (exact) mass is 220 g/mol. The van der Waals surface area contributed by atoms with Crippen LogP contribution >= 0.6 is 0 Å². The smallest absolute Gasteiger partial charge is 0.0387 e. The first-order valence-corrected chi connectivity index (χ1v) is 6.09. The van der Waals surface area contributed by atoms with Gasteiger partial charge in [-0.2, -0.15) is 0 Å². The zero-order valence-electron chi connectivity index (χ0n) is 10.9. The molecule has 16 heavy (non-hydrogen) atoms. The third-order valence-corrected chi connectivity index (χ3v) is 2.41. The Kier molecular flexibility index (Phi) is 4.66. The van der Waals surface area contributed by atoms with Gasteiger partial charge in [0.15, 0.2) is 0 Å². The zero-order valence-corrected chi connectivity index (χ0v) is 10.9. The largest absolute Gasteiger partial charge is 0.399 e. The lowest BCUT2D eigenvalue weighted by Crippen LogP contribution is -2.31. The fourth-order valence-electron chi connectivity index (χ4n) is 1.89. The Balaban J connectivity index is 2.82. The van der Waals surface area contributed by atoms with Crippen LogP contribution in [0.2, 0.25) is 0 Å². The summed E-state index contributed by atoms with van der Waals surface area (Å²) in [5, 5.41) is 0. The summed E-state index contributed by atoms with van der Waals surface area (Å²) in [5.74, 6) is 1.33. The SMILES string of the molecule is CC(C)CN(CC(C)C)c1cccc(N)c1. The molecule has 90 valence electrons. The number of nitrogens with zero attached hydrogens (tertiary/aromatic N) is 1. The fraction of sp³-hybridized carbons (Fsp3) is 0.571. The number of nitrogens with two attached hydrogens (primary N) is 1. The molecule has 0 saturated carbocycles. The molecule has 0 aliphatic heterocycles. The van der Waals surface area contributed by atoms with Gasteiger partial charge < -0.3 is 10.6 Å². The lowest BCUT2D eigenvalue weighted by atomic mass is 10.1. The van der Waals surface area contributed by atoms with Gasteiger partial charge in [0.25, 0.3) is 0 Å². The normalized spacial score (nSPS) is 11.1. The Morgan fingerprint density at radius 3 is 2.06 bits per heavy atom. The Morgan fingerprint density at radius 2 is 1.62 bits per heavy atom. The highest BCUT2D eigenvalue weighted by Crippen LogP contribution is 2.20. The molecule has 2 nitrogen and oxygen atoms in total. The van der Waals surface area contributed by atoms with E-state index in [0.29, 0.717) is 11.8 Å². The number of anilines is 2. The van der Waals surface area contributed by atoms with Crippen LogP contribution in [0.1, 0.15) is 27.7 Å². The first-order chi connectivity index (χ1) is 7.49. The van der Waals surface area contributed by atoms with Crippen molar-refractivity contribution in [1.82, 2.24) is 0 Å². The second kappa shape index (κ2) is 5.78. The van der Waals surface area contributed by atoms with Gasteiger partial charge in [0.2, 0.25) is 0 Å². The van der Waals surface area contributed by atoms with Crippen LogP contribution < -0.4 is 10.6 Å². The standard InChI is InChI=1S/C14H24N2/c1-11(2)9-16(10-12(3)4)14-7-5-6-13(15)8-14/h5-8,11-12H,9-10,15H2,1-4H3. The van der Waals surface area contributed by atoms with Crippen LogP contribution in [0, 0.1) is 11.8 Å². The summed E-state index contributed by atoms with van der Waals surface area (Å²) in [7, 11) is 0. The molecule has 0 radical (unpaired) electrons. The van der Waals surface area contributed by atoms with E-state index in [1.165, 1.54) is 5.69 Å². The highest BCUT2D eigenvalue weighted by atomic mass is 15.1. The molecule has 1 aromatic rings. The molecule has 2 N–H and O–H groups in total. The first kappa shape index (κ1) is 12.9. The van der Waals surface area contributed by atoms with Crippen LogP contribution in [-0.2, 0) is 0 Å². The summed E-state index contributed by atoms with van der Waals surface area (Å²) in [4.78, 5) is 2.42. The van der Waals surface area contributed by atoms with Crippen LogP contribution in [-0.4, -0.2) is 13.1 Å². The van der Waals surface area contributed by atoms with Gasteiger partial charge in [-0.3, -0.25) is 0 Å². The Labute approximate surface area is 99.5 Å². The minimum atomic E-state index is 0.667. The molecule has 0 amide bonds. The molecule has 0 fully saturated rings. The average Bonchev–Trinajstić information content (AvgIpc) is 2.15. The number of hydrogen-bond acceptors (Lipinski definition) is 2. The van der Waals surface area contributed by atoms with E-state index in [0.717, 1.165) is 18.8 Å². The van der Waals surface area contributed by atoms with E-state index >= 15 is 0 Å². The van der Waals surface area contributed by atoms with Gasteiger partial charge in [-0.25, -0.2) is 0 Å². The van der Waals surface area contributed by atoms with Gasteiger partial charge in [-0.15, -0.1) is 0 Å². The molecule has 1 aromatic carbocycles. The van der Waals surface area contributed by atoms with E-state index in [1.807, 2.05) is 12.1 Å². The topological polar surface area (TPSA) is 29.3 Å². The molecule has 0 aliphatic rings. The summed E-state index contributed by atoms with van der Waals surface area (Å²) < 4.78 is 0. The van der Waals surface area contributed by atoms with Gasteiger partial charge in [-0.1, -0.05) is 33.8 Å². The van der Waals surface area contributed by atoms with Crippen molar-refractivity contribution in [3.05, 3.63) is 24.3 Å².